The molecule has 1 saturated carbocycles. The summed E-state index contributed by atoms with van der Waals surface area (Å²) in [4.78, 5) is 18.9. The fraction of sp³-hybridized carbons (Fsp3) is 0.643. The molecule has 0 radical (unpaired) electrons. The minimum atomic E-state index is -0.0923. The van der Waals surface area contributed by atoms with Crippen molar-refractivity contribution < 1.29 is 0 Å². The van der Waals surface area contributed by atoms with Crippen molar-refractivity contribution in [2.24, 2.45) is 5.92 Å². The molecule has 1 aromatic rings. The summed E-state index contributed by atoms with van der Waals surface area (Å²) in [5.41, 5.74) is 0.753. The quantitative estimate of drug-likeness (QED) is 0.859. The van der Waals surface area contributed by atoms with Crippen LogP contribution in [-0.4, -0.2) is 15.2 Å². The molecule has 2 rings (SSSR count). The molecule has 0 aliphatic heterocycles. The molecule has 0 spiro atoms. The number of hydrogen-bond acceptors (Lipinski definition) is 4. The maximum Gasteiger partial charge on any atom is 0.251 e. The summed E-state index contributed by atoms with van der Waals surface area (Å²) in [6.45, 7) is 2.07. The number of H-pyrrole nitrogens is 1. The number of thioether (sulfide) groups is 1. The third kappa shape index (κ3) is 3.84. The molecule has 19 heavy (non-hydrogen) atoms. The van der Waals surface area contributed by atoms with Crippen LogP contribution in [0, 0.1) is 17.2 Å². The van der Waals surface area contributed by atoms with Gasteiger partial charge in [0.2, 0.25) is 0 Å². The summed E-state index contributed by atoms with van der Waals surface area (Å²) in [5.74, 6) is 0.0823. The average Bonchev–Trinajstić information content (AvgIpc) is 2.39. The highest BCUT2D eigenvalue weighted by atomic mass is 32.2. The molecule has 1 aromatic heterocycles. The van der Waals surface area contributed by atoms with Gasteiger partial charge in [-0.15, -0.1) is 0 Å². The third-order valence-corrected chi connectivity index (χ3v) is 4.69. The Morgan fingerprint density at radius 3 is 3.05 bits per heavy atom. The Morgan fingerprint density at radius 1 is 1.53 bits per heavy atom. The lowest BCUT2D eigenvalue weighted by atomic mass is 9.90. The molecule has 1 fully saturated rings. The summed E-state index contributed by atoms with van der Waals surface area (Å²) in [7, 11) is 0. The number of aromatic nitrogens is 2. The number of aromatic amines is 1. The topological polar surface area (TPSA) is 69.5 Å². The number of aryl methyl sites for hydroxylation is 1. The smallest absolute Gasteiger partial charge is 0.251 e. The van der Waals surface area contributed by atoms with Gasteiger partial charge in [0.15, 0.2) is 5.16 Å². The molecule has 0 amide bonds. The first-order valence-electron chi connectivity index (χ1n) is 6.89. The summed E-state index contributed by atoms with van der Waals surface area (Å²) >= 11 is 1.56. The maximum atomic E-state index is 11.6. The normalized spacial score (nSPS) is 22.9. The van der Waals surface area contributed by atoms with Gasteiger partial charge in [0, 0.05) is 17.0 Å². The van der Waals surface area contributed by atoms with Crippen LogP contribution in [0.4, 0.5) is 0 Å². The number of rotatable bonds is 4. The highest BCUT2D eigenvalue weighted by Gasteiger charge is 2.26. The lowest BCUT2D eigenvalue weighted by molar-refractivity contribution is 0.439. The fourth-order valence-corrected chi connectivity index (χ4v) is 3.71. The Kier molecular flexibility index (Phi) is 5.03. The molecule has 2 unspecified atom stereocenters. The first kappa shape index (κ1) is 14.1. The van der Waals surface area contributed by atoms with Crippen molar-refractivity contribution in [1.29, 1.82) is 5.26 Å². The zero-order chi connectivity index (χ0) is 13.7. The highest BCUT2D eigenvalue weighted by Crippen LogP contribution is 2.35. The van der Waals surface area contributed by atoms with Crippen molar-refractivity contribution in [2.75, 3.05) is 0 Å². The summed E-state index contributed by atoms with van der Waals surface area (Å²) in [5, 5.41) is 10.1. The number of nitriles is 1. The zero-order valence-corrected chi connectivity index (χ0v) is 12.0. The van der Waals surface area contributed by atoms with E-state index in [0.29, 0.717) is 5.16 Å². The Bertz CT molecular complexity index is 520. The van der Waals surface area contributed by atoms with E-state index in [-0.39, 0.29) is 16.7 Å². The number of hydrogen-bond donors (Lipinski definition) is 1. The molecule has 1 heterocycles. The van der Waals surface area contributed by atoms with E-state index in [4.69, 9.17) is 0 Å². The van der Waals surface area contributed by atoms with Crippen LogP contribution in [0.5, 0.6) is 0 Å². The largest absolute Gasteiger partial charge is 0.301 e. The van der Waals surface area contributed by atoms with E-state index in [9.17, 15) is 10.1 Å². The summed E-state index contributed by atoms with van der Waals surface area (Å²) in [6.07, 6.45) is 6.09. The second-order valence-corrected chi connectivity index (χ2v) is 6.20. The lowest BCUT2D eigenvalue weighted by Crippen LogP contribution is -2.21. The summed E-state index contributed by atoms with van der Waals surface area (Å²) in [6, 6.07) is 3.95. The Labute approximate surface area is 117 Å². The van der Waals surface area contributed by atoms with Crippen molar-refractivity contribution in [2.45, 2.75) is 55.9 Å². The van der Waals surface area contributed by atoms with Gasteiger partial charge in [-0.3, -0.25) is 4.79 Å². The van der Waals surface area contributed by atoms with Crippen molar-refractivity contribution in [1.82, 2.24) is 9.97 Å². The lowest BCUT2D eigenvalue weighted by Gasteiger charge is -2.25. The first-order chi connectivity index (χ1) is 9.22. The SMILES string of the molecule is CCCc1cc(=O)[nH]c(SC2CCCCC2C#N)n1. The minimum Gasteiger partial charge on any atom is -0.301 e. The van der Waals surface area contributed by atoms with Gasteiger partial charge in [-0.1, -0.05) is 37.9 Å². The van der Waals surface area contributed by atoms with Crippen molar-refractivity contribution in [3.63, 3.8) is 0 Å². The van der Waals surface area contributed by atoms with Crippen LogP contribution in [-0.2, 0) is 6.42 Å². The standard InChI is InChI=1S/C14H19N3OS/c1-2-5-11-8-13(18)17-14(16-11)19-12-7-4-3-6-10(12)9-15/h8,10,12H,2-7H2,1H3,(H,16,17,18). The molecule has 5 heteroatoms. The molecule has 0 saturated heterocycles. The molecule has 0 bridgehead atoms. The average molecular weight is 277 g/mol. The van der Waals surface area contributed by atoms with E-state index >= 15 is 0 Å². The van der Waals surface area contributed by atoms with E-state index in [1.165, 1.54) is 0 Å². The van der Waals surface area contributed by atoms with Gasteiger partial charge in [0.05, 0.1) is 12.0 Å². The van der Waals surface area contributed by atoms with Gasteiger partial charge in [-0.05, 0) is 19.3 Å². The van der Waals surface area contributed by atoms with Crippen LogP contribution in [0.15, 0.2) is 16.0 Å². The van der Waals surface area contributed by atoms with Gasteiger partial charge < -0.3 is 4.98 Å². The molecule has 102 valence electrons. The molecule has 1 N–H and O–H groups in total. The zero-order valence-electron chi connectivity index (χ0n) is 11.2. The second-order valence-electron chi connectivity index (χ2n) is 4.97. The summed E-state index contributed by atoms with van der Waals surface area (Å²) < 4.78 is 0. The molecule has 0 aromatic carbocycles. The molecule has 2 atom stereocenters. The fourth-order valence-electron chi connectivity index (χ4n) is 2.45. The third-order valence-electron chi connectivity index (χ3n) is 3.41. The van der Waals surface area contributed by atoms with Crippen molar-refractivity contribution >= 4 is 11.8 Å². The predicted octanol–water partition coefficient (Wildman–Crippen LogP) is 2.90. The van der Waals surface area contributed by atoms with E-state index in [0.717, 1.165) is 44.2 Å². The number of nitrogens with zero attached hydrogens (tertiary/aromatic N) is 2. The van der Waals surface area contributed by atoms with Crippen LogP contribution in [0.3, 0.4) is 0 Å². The van der Waals surface area contributed by atoms with Gasteiger partial charge in [0.25, 0.3) is 5.56 Å². The molecular formula is C14H19N3OS. The minimum absolute atomic E-state index is 0.0823. The van der Waals surface area contributed by atoms with Crippen LogP contribution in [0.25, 0.3) is 0 Å². The number of nitrogens with one attached hydrogen (secondary N) is 1. The molecule has 1 aliphatic rings. The van der Waals surface area contributed by atoms with Crippen LogP contribution in [0.2, 0.25) is 0 Å². The van der Waals surface area contributed by atoms with Gasteiger partial charge in [0.1, 0.15) is 0 Å². The maximum absolute atomic E-state index is 11.6. The van der Waals surface area contributed by atoms with Gasteiger partial charge in [-0.25, -0.2) is 4.98 Å². The van der Waals surface area contributed by atoms with Crippen LogP contribution >= 0.6 is 11.8 Å². The molecule has 4 nitrogen and oxygen atoms in total. The van der Waals surface area contributed by atoms with E-state index in [2.05, 4.69) is 23.0 Å². The van der Waals surface area contributed by atoms with Crippen LogP contribution < -0.4 is 5.56 Å². The van der Waals surface area contributed by atoms with Gasteiger partial charge >= 0.3 is 0 Å². The van der Waals surface area contributed by atoms with E-state index < -0.39 is 0 Å². The van der Waals surface area contributed by atoms with Crippen molar-refractivity contribution in [3.05, 3.63) is 22.1 Å². The van der Waals surface area contributed by atoms with E-state index in [1.807, 2.05) is 0 Å². The van der Waals surface area contributed by atoms with Gasteiger partial charge in [-0.2, -0.15) is 5.26 Å². The first-order valence-corrected chi connectivity index (χ1v) is 7.77. The monoisotopic (exact) mass is 277 g/mol. The Balaban J connectivity index is 2.13. The van der Waals surface area contributed by atoms with E-state index in [1.54, 1.807) is 17.8 Å². The van der Waals surface area contributed by atoms with Crippen LogP contribution in [0.1, 0.15) is 44.7 Å². The predicted molar refractivity (Wildman–Crippen MR) is 76.1 cm³/mol. The Morgan fingerprint density at radius 2 is 2.32 bits per heavy atom. The second kappa shape index (κ2) is 6.76. The van der Waals surface area contributed by atoms with Crippen molar-refractivity contribution in [3.8, 4) is 6.07 Å². The Hall–Kier alpha value is -1.28. The molecule has 1 aliphatic carbocycles. The molecular weight excluding hydrogens is 258 g/mol. The highest BCUT2D eigenvalue weighted by molar-refractivity contribution is 7.99.